The third-order valence-electron chi connectivity index (χ3n) is 9.45. The summed E-state index contributed by atoms with van der Waals surface area (Å²) in [7, 11) is 3.20. The summed E-state index contributed by atoms with van der Waals surface area (Å²) in [6.45, 7) is 5.61. The summed E-state index contributed by atoms with van der Waals surface area (Å²) in [5, 5.41) is 22.9. The number of carbonyl (C=O) groups is 3. The minimum absolute atomic E-state index is 0. The summed E-state index contributed by atoms with van der Waals surface area (Å²) in [5.41, 5.74) is 3.36. The monoisotopic (exact) mass is 1010 g/mol. The Hall–Kier alpha value is -2.03. The molecule has 2 saturated heterocycles. The number of benzene rings is 2. The molecule has 0 radical (unpaired) electrons. The number of hydrogen-bond donors (Lipinski definition) is 1. The number of amides is 2. The zero-order valence-corrected chi connectivity index (χ0v) is 44.9. The van der Waals surface area contributed by atoms with Crippen LogP contribution in [0.2, 0.25) is 20.4 Å². The number of nitrogens with zero attached hydrogens (tertiary/aromatic N) is 9. The van der Waals surface area contributed by atoms with Crippen molar-refractivity contribution in [2.24, 2.45) is 0 Å². The van der Waals surface area contributed by atoms with Crippen LogP contribution in [0.5, 0.6) is 11.5 Å². The van der Waals surface area contributed by atoms with Crippen LogP contribution >= 0.6 is 58.0 Å². The van der Waals surface area contributed by atoms with Crippen LogP contribution in [-0.4, -0.2) is 130 Å². The maximum Gasteiger partial charge on any atom is 1.00 e. The first-order valence-electron chi connectivity index (χ1n) is 18.4. The number of fused-ring (bicyclic) bond motifs is 2. The summed E-state index contributed by atoms with van der Waals surface area (Å²) >= 11 is 29.5. The number of piperazine rings is 2. The van der Waals surface area contributed by atoms with Crippen LogP contribution in [0, 0.1) is 0 Å². The average Bonchev–Trinajstić information content (AvgIpc) is 3.84. The molecule has 8 rings (SSSR count). The molecule has 6 aromatic rings. The third kappa shape index (κ3) is 15.5. The van der Waals surface area contributed by atoms with E-state index in [1.807, 2.05) is 59.5 Å². The van der Waals surface area contributed by atoms with E-state index in [4.69, 9.17) is 77.5 Å². The van der Waals surface area contributed by atoms with Gasteiger partial charge in [0.15, 0.2) is 16.4 Å². The zero-order chi connectivity index (χ0) is 43.9. The molecule has 2 aliphatic rings. The first-order chi connectivity index (χ1) is 29.5. The van der Waals surface area contributed by atoms with Gasteiger partial charge >= 0.3 is 103 Å². The molecule has 0 saturated carbocycles. The second-order valence-corrected chi connectivity index (χ2v) is 14.8. The van der Waals surface area contributed by atoms with Crippen LogP contribution in [0.25, 0.3) is 22.1 Å². The smallest absolute Gasteiger partial charge is 1.00 e. The molecular weight excluding hydrogens is 976 g/mol. The van der Waals surface area contributed by atoms with Crippen molar-refractivity contribution in [2.45, 2.75) is 6.54 Å². The molecule has 2 amide bonds. The molecule has 1 N–H and O–H groups in total. The summed E-state index contributed by atoms with van der Waals surface area (Å²) in [4.78, 5) is 51.8. The summed E-state index contributed by atoms with van der Waals surface area (Å²) < 4.78 is 12.1. The average molecular weight is 1020 g/mol. The Morgan fingerprint density at radius 3 is 1.73 bits per heavy atom. The molecule has 0 aliphatic carbocycles. The number of carbonyl (C=O) groups excluding carboxylic acids is 3. The van der Waals surface area contributed by atoms with E-state index in [2.05, 4.69) is 40.0 Å². The van der Waals surface area contributed by atoms with Crippen molar-refractivity contribution in [1.82, 2.24) is 39.7 Å². The summed E-state index contributed by atoms with van der Waals surface area (Å²) in [6, 6.07) is 18.8. The van der Waals surface area contributed by atoms with Crippen molar-refractivity contribution < 1.29 is 138 Å². The van der Waals surface area contributed by atoms with Gasteiger partial charge in [0.05, 0.1) is 35.0 Å². The molecule has 63 heavy (non-hydrogen) atoms. The molecule has 2 aliphatic heterocycles. The topological polar surface area (TPSA) is 187 Å². The van der Waals surface area contributed by atoms with Crippen LogP contribution in [0.4, 0.5) is 11.4 Å². The number of ether oxygens (including phenoxy) is 2. The molecule has 0 bridgehead atoms. The Bertz CT molecular complexity index is 2410. The third-order valence-corrected chi connectivity index (χ3v) is 10.9. The minimum atomic E-state index is -0.181. The number of alkyl halides is 1. The van der Waals surface area contributed by atoms with Crippen LogP contribution in [0.15, 0.2) is 73.1 Å². The first kappa shape index (κ1) is 55.3. The van der Waals surface area contributed by atoms with E-state index in [9.17, 15) is 9.59 Å². The fourth-order valence-electron chi connectivity index (χ4n) is 6.33. The Balaban J connectivity index is 0.000000338. The molecule has 4 aromatic heterocycles. The van der Waals surface area contributed by atoms with Crippen molar-refractivity contribution in [3.8, 4) is 11.5 Å². The molecular formula is C39H41Cl5K2N10O7. The van der Waals surface area contributed by atoms with E-state index >= 15 is 0 Å². The summed E-state index contributed by atoms with van der Waals surface area (Å²) in [5.74, 6) is 1.36. The molecule has 0 spiro atoms. The number of halogens is 5. The van der Waals surface area contributed by atoms with Gasteiger partial charge in [0.2, 0.25) is 11.8 Å². The first-order valence-corrected chi connectivity index (χ1v) is 20.5. The van der Waals surface area contributed by atoms with E-state index in [1.54, 1.807) is 42.3 Å². The number of nitrogens with one attached hydrogen (secondary N) is 1. The van der Waals surface area contributed by atoms with Crippen LogP contribution in [0.3, 0.4) is 0 Å². The van der Waals surface area contributed by atoms with Crippen LogP contribution in [-0.2, 0) is 25.8 Å². The molecule has 2 aromatic carbocycles. The van der Waals surface area contributed by atoms with Crippen molar-refractivity contribution in [2.75, 3.05) is 82.3 Å². The quantitative estimate of drug-likeness (QED) is 0.0677. The van der Waals surface area contributed by atoms with E-state index in [0.717, 1.165) is 48.3 Å². The standard InChI is InChI=1S/C19H19Cl2N5O2.C13H16Cl2N2O2.C6H4ClN3.CH2O3.2K.H/c1-28-16-11-13(4-5-15(16)20)24-7-9-25(10-8-24)17(27)12-26-19-14(18(21)23-26)3-2-6-22-19;1-19-12-8-10(2-3-11(12)15)16-4-6-17(7-5-16)13(18)9-14;7-5-4-2-1-3-8-6(4)10-9-5;2-1-4-3;;;/h2-6,11H,7-10,12H2,1H3;2-3,8H,4-7,9H2,1H3;1-3H,(H,8,9,10);1,3H;;;/q;;;;2*+1;-1/p-1. The number of aromatic nitrogens is 6. The molecule has 0 atom stereocenters. The van der Waals surface area contributed by atoms with Crippen LogP contribution < -0.4 is 127 Å². The second kappa shape index (κ2) is 28.2. The second-order valence-electron chi connectivity index (χ2n) is 12.9. The molecule has 326 valence electrons. The van der Waals surface area contributed by atoms with Gasteiger partial charge in [-0.05, 0) is 48.5 Å². The van der Waals surface area contributed by atoms with E-state index in [1.165, 1.54) is 0 Å². The maximum atomic E-state index is 12.7. The molecule has 17 nitrogen and oxygen atoms in total. The van der Waals surface area contributed by atoms with Gasteiger partial charge in [-0.3, -0.25) is 19.5 Å². The van der Waals surface area contributed by atoms with E-state index < -0.39 is 0 Å². The number of rotatable bonds is 8. The van der Waals surface area contributed by atoms with Crippen molar-refractivity contribution >= 4 is 110 Å². The number of anilines is 2. The summed E-state index contributed by atoms with van der Waals surface area (Å²) in [6.07, 6.45) is 3.35. The number of aromatic amines is 1. The maximum absolute atomic E-state index is 12.7. The van der Waals surface area contributed by atoms with Gasteiger partial charge in [0, 0.05) is 88.3 Å². The van der Waals surface area contributed by atoms with Crippen molar-refractivity contribution in [1.29, 1.82) is 0 Å². The fourth-order valence-corrected chi connectivity index (χ4v) is 7.32. The van der Waals surface area contributed by atoms with Gasteiger partial charge in [-0.15, -0.1) is 11.6 Å². The SMILES string of the molecule is COc1cc(N2CCN(C(=O)CCl)CC2)ccc1Cl.COc1cc(N2CCN(C(=O)Cn3nc(Cl)c4cccnc43)CC2)ccc1Cl.Clc1[nH]nc2ncccc12.O=CO[O-].[H-].[K+].[K+]. The Kier molecular flexibility index (Phi) is 24.8. The Morgan fingerprint density at radius 1 is 0.762 bits per heavy atom. The predicted octanol–water partition coefficient (Wildman–Crippen LogP) is -0.502. The fraction of sp³-hybridized carbons (Fsp3) is 0.308. The van der Waals surface area contributed by atoms with Gasteiger partial charge in [0.25, 0.3) is 6.47 Å². The van der Waals surface area contributed by atoms with Gasteiger partial charge in [0.1, 0.15) is 29.1 Å². The number of pyridine rings is 2. The molecule has 6 heterocycles. The number of methoxy groups -OCH3 is 2. The van der Waals surface area contributed by atoms with Gasteiger partial charge in [-0.25, -0.2) is 14.6 Å². The van der Waals surface area contributed by atoms with Crippen molar-refractivity contribution in [3.05, 3.63) is 93.4 Å². The molecule has 24 heteroatoms. The predicted molar refractivity (Wildman–Crippen MR) is 234 cm³/mol. The minimum Gasteiger partial charge on any atom is -1.00 e. The van der Waals surface area contributed by atoms with E-state index in [0.29, 0.717) is 69.3 Å². The number of H-pyrrole nitrogens is 1. The van der Waals surface area contributed by atoms with E-state index in [-0.39, 0.29) is 135 Å². The van der Waals surface area contributed by atoms with Gasteiger partial charge in [-0.1, -0.05) is 46.4 Å². The molecule has 2 fully saturated rings. The zero-order valence-electron chi connectivity index (χ0n) is 35.8. The largest absolute Gasteiger partial charge is 1.00 e. The normalized spacial score (nSPS) is 13.1. The molecule has 0 unspecified atom stereocenters. The Labute approximate surface area is 474 Å². The van der Waals surface area contributed by atoms with Crippen molar-refractivity contribution in [3.63, 3.8) is 0 Å². The Morgan fingerprint density at radius 2 is 1.25 bits per heavy atom. The van der Waals surface area contributed by atoms with Gasteiger partial charge in [-0.2, -0.15) is 10.2 Å². The number of hydrogen-bond acceptors (Lipinski definition) is 13. The van der Waals surface area contributed by atoms with Crippen LogP contribution in [0.1, 0.15) is 1.43 Å². The van der Waals surface area contributed by atoms with Gasteiger partial charge < -0.3 is 40.6 Å².